The summed E-state index contributed by atoms with van der Waals surface area (Å²) in [5.41, 5.74) is 1.00. The first kappa shape index (κ1) is 12.3. The number of hydrogen-bond donors (Lipinski definition) is 1. The molecule has 1 aromatic rings. The molecule has 1 saturated heterocycles. The van der Waals surface area contributed by atoms with E-state index in [9.17, 15) is 0 Å². The van der Waals surface area contributed by atoms with Gasteiger partial charge in [-0.2, -0.15) is 0 Å². The van der Waals surface area contributed by atoms with Crippen LogP contribution in [0.3, 0.4) is 0 Å². The minimum atomic E-state index is 0.646. The molecule has 94 valence electrons. The van der Waals surface area contributed by atoms with Crippen LogP contribution in [0.5, 0.6) is 0 Å². The lowest BCUT2D eigenvalue weighted by molar-refractivity contribution is 0.446. The number of aromatic nitrogens is 2. The van der Waals surface area contributed by atoms with Gasteiger partial charge < -0.3 is 10.2 Å². The number of rotatable bonds is 4. The van der Waals surface area contributed by atoms with E-state index in [2.05, 4.69) is 27.1 Å². The lowest BCUT2D eigenvalue weighted by atomic mass is 10.0. The standard InChI is InChI=1S/C13H22N4/c1-3-12-6-4-5-7-17(12)13-10-15-11(8-14-2)9-16-13/h9-10,12,14H,3-8H2,1-2H3. The third-order valence-corrected chi connectivity index (χ3v) is 3.44. The van der Waals surface area contributed by atoms with Gasteiger partial charge in [0, 0.05) is 19.1 Å². The fourth-order valence-electron chi connectivity index (χ4n) is 2.50. The zero-order valence-electron chi connectivity index (χ0n) is 10.8. The molecule has 4 nitrogen and oxygen atoms in total. The second-order valence-electron chi connectivity index (χ2n) is 4.65. The summed E-state index contributed by atoms with van der Waals surface area (Å²) in [5.74, 6) is 1.04. The summed E-state index contributed by atoms with van der Waals surface area (Å²) >= 11 is 0. The smallest absolute Gasteiger partial charge is 0.147 e. The van der Waals surface area contributed by atoms with Crippen molar-refractivity contribution in [2.75, 3.05) is 18.5 Å². The van der Waals surface area contributed by atoms with Crippen molar-refractivity contribution in [3.8, 4) is 0 Å². The van der Waals surface area contributed by atoms with Gasteiger partial charge in [0.15, 0.2) is 0 Å². The van der Waals surface area contributed by atoms with Crippen molar-refractivity contribution in [1.29, 1.82) is 0 Å². The maximum absolute atomic E-state index is 4.54. The second-order valence-corrected chi connectivity index (χ2v) is 4.65. The summed E-state index contributed by atoms with van der Waals surface area (Å²) in [6, 6.07) is 0.646. The molecule has 0 radical (unpaired) electrons. The molecule has 1 aliphatic heterocycles. The zero-order chi connectivity index (χ0) is 12.1. The predicted molar refractivity (Wildman–Crippen MR) is 70.1 cm³/mol. The van der Waals surface area contributed by atoms with Crippen LogP contribution >= 0.6 is 0 Å². The number of anilines is 1. The van der Waals surface area contributed by atoms with E-state index >= 15 is 0 Å². The van der Waals surface area contributed by atoms with E-state index in [1.54, 1.807) is 0 Å². The molecule has 0 amide bonds. The first-order valence-electron chi connectivity index (χ1n) is 6.57. The molecule has 0 saturated carbocycles. The number of piperidine rings is 1. The van der Waals surface area contributed by atoms with Gasteiger partial charge in [-0.25, -0.2) is 4.98 Å². The Labute approximate surface area is 103 Å². The Hall–Kier alpha value is -1.16. The number of nitrogens with zero attached hydrogens (tertiary/aromatic N) is 3. The summed E-state index contributed by atoms with van der Waals surface area (Å²) in [7, 11) is 1.92. The van der Waals surface area contributed by atoms with Crippen molar-refractivity contribution in [3.05, 3.63) is 18.1 Å². The van der Waals surface area contributed by atoms with E-state index in [-0.39, 0.29) is 0 Å². The first-order valence-corrected chi connectivity index (χ1v) is 6.57. The Kier molecular flexibility index (Phi) is 4.31. The van der Waals surface area contributed by atoms with Gasteiger partial charge in [0.05, 0.1) is 18.1 Å². The normalized spacial score (nSPS) is 20.6. The summed E-state index contributed by atoms with van der Waals surface area (Å²) in [6.45, 7) is 4.16. The van der Waals surface area contributed by atoms with Gasteiger partial charge in [-0.05, 0) is 32.7 Å². The molecule has 1 N–H and O–H groups in total. The van der Waals surface area contributed by atoms with E-state index in [0.29, 0.717) is 6.04 Å². The Morgan fingerprint density at radius 1 is 1.35 bits per heavy atom. The van der Waals surface area contributed by atoms with Crippen molar-refractivity contribution in [2.45, 2.75) is 45.2 Å². The molecular weight excluding hydrogens is 212 g/mol. The molecule has 2 rings (SSSR count). The molecule has 2 heterocycles. The average molecular weight is 234 g/mol. The van der Waals surface area contributed by atoms with Crippen molar-refractivity contribution in [3.63, 3.8) is 0 Å². The highest BCUT2D eigenvalue weighted by molar-refractivity contribution is 5.37. The zero-order valence-corrected chi connectivity index (χ0v) is 10.8. The Morgan fingerprint density at radius 2 is 2.24 bits per heavy atom. The van der Waals surface area contributed by atoms with Crippen LogP contribution in [-0.2, 0) is 6.54 Å². The SMILES string of the molecule is CCC1CCCCN1c1cnc(CNC)cn1. The Bertz CT molecular complexity index is 336. The number of nitrogens with one attached hydrogen (secondary N) is 1. The largest absolute Gasteiger partial charge is 0.352 e. The molecule has 17 heavy (non-hydrogen) atoms. The molecule has 0 bridgehead atoms. The minimum Gasteiger partial charge on any atom is -0.352 e. The quantitative estimate of drug-likeness (QED) is 0.864. The van der Waals surface area contributed by atoms with Crippen LogP contribution in [0.25, 0.3) is 0 Å². The fraction of sp³-hybridized carbons (Fsp3) is 0.692. The average Bonchev–Trinajstić information content (AvgIpc) is 2.40. The molecule has 1 unspecified atom stereocenters. The Balaban J connectivity index is 2.09. The van der Waals surface area contributed by atoms with Crippen LogP contribution in [0, 0.1) is 0 Å². The van der Waals surface area contributed by atoms with Crippen molar-refractivity contribution in [1.82, 2.24) is 15.3 Å². The fourth-order valence-corrected chi connectivity index (χ4v) is 2.50. The predicted octanol–water partition coefficient (Wildman–Crippen LogP) is 1.96. The first-order chi connectivity index (χ1) is 8.35. The van der Waals surface area contributed by atoms with Gasteiger partial charge in [0.1, 0.15) is 5.82 Å². The molecule has 1 aliphatic rings. The van der Waals surface area contributed by atoms with E-state index in [1.807, 2.05) is 19.4 Å². The third-order valence-electron chi connectivity index (χ3n) is 3.44. The Morgan fingerprint density at radius 3 is 2.88 bits per heavy atom. The molecule has 1 fully saturated rings. The van der Waals surface area contributed by atoms with Gasteiger partial charge in [-0.1, -0.05) is 6.92 Å². The van der Waals surface area contributed by atoms with E-state index in [1.165, 1.54) is 25.7 Å². The maximum Gasteiger partial charge on any atom is 0.147 e. The van der Waals surface area contributed by atoms with Crippen LogP contribution in [0.2, 0.25) is 0 Å². The highest BCUT2D eigenvalue weighted by Gasteiger charge is 2.21. The number of hydrogen-bond acceptors (Lipinski definition) is 4. The highest BCUT2D eigenvalue weighted by atomic mass is 15.2. The minimum absolute atomic E-state index is 0.646. The molecule has 4 heteroatoms. The molecule has 0 aliphatic carbocycles. The van der Waals surface area contributed by atoms with Gasteiger partial charge in [-0.15, -0.1) is 0 Å². The topological polar surface area (TPSA) is 41.1 Å². The second kappa shape index (κ2) is 5.96. The van der Waals surface area contributed by atoms with Crippen LogP contribution in [-0.4, -0.2) is 29.6 Å². The van der Waals surface area contributed by atoms with Crippen LogP contribution < -0.4 is 10.2 Å². The third kappa shape index (κ3) is 2.94. The van der Waals surface area contributed by atoms with E-state index in [0.717, 1.165) is 24.6 Å². The summed E-state index contributed by atoms with van der Waals surface area (Å²) in [5, 5.41) is 3.09. The van der Waals surface area contributed by atoms with Gasteiger partial charge in [-0.3, -0.25) is 4.98 Å². The van der Waals surface area contributed by atoms with Crippen molar-refractivity contribution >= 4 is 5.82 Å². The van der Waals surface area contributed by atoms with Crippen molar-refractivity contribution < 1.29 is 0 Å². The van der Waals surface area contributed by atoms with Crippen LogP contribution in [0.15, 0.2) is 12.4 Å². The van der Waals surface area contributed by atoms with Crippen molar-refractivity contribution in [2.24, 2.45) is 0 Å². The van der Waals surface area contributed by atoms with Gasteiger partial charge in [0.25, 0.3) is 0 Å². The van der Waals surface area contributed by atoms with Crippen LogP contribution in [0.1, 0.15) is 38.3 Å². The van der Waals surface area contributed by atoms with E-state index < -0.39 is 0 Å². The molecule has 0 spiro atoms. The molecule has 0 aromatic carbocycles. The molecular formula is C13H22N4. The van der Waals surface area contributed by atoms with Gasteiger partial charge in [0.2, 0.25) is 0 Å². The summed E-state index contributed by atoms with van der Waals surface area (Å²) in [4.78, 5) is 11.4. The molecule has 1 aromatic heterocycles. The van der Waals surface area contributed by atoms with Crippen LogP contribution in [0.4, 0.5) is 5.82 Å². The lowest BCUT2D eigenvalue weighted by Crippen LogP contribution is -2.39. The lowest BCUT2D eigenvalue weighted by Gasteiger charge is -2.35. The van der Waals surface area contributed by atoms with Gasteiger partial charge >= 0.3 is 0 Å². The highest BCUT2D eigenvalue weighted by Crippen LogP contribution is 2.24. The monoisotopic (exact) mass is 234 g/mol. The summed E-state index contributed by atoms with van der Waals surface area (Å²) < 4.78 is 0. The van der Waals surface area contributed by atoms with E-state index in [4.69, 9.17) is 0 Å². The summed E-state index contributed by atoms with van der Waals surface area (Å²) in [6.07, 6.45) is 8.90. The maximum atomic E-state index is 4.54. The molecule has 1 atom stereocenters.